The molecule has 3 heterocycles. The van der Waals surface area contributed by atoms with Gasteiger partial charge >= 0.3 is 0 Å². The highest BCUT2D eigenvalue weighted by atomic mass is 16.3. The summed E-state index contributed by atoms with van der Waals surface area (Å²) in [6.45, 7) is 4.44. The molecule has 0 fully saturated rings. The molecule has 0 unspecified atom stereocenters. The Morgan fingerprint density at radius 3 is 1.88 bits per heavy atom. The lowest BCUT2D eigenvalue weighted by Gasteiger charge is -2.09. The summed E-state index contributed by atoms with van der Waals surface area (Å²) in [4.78, 5) is 0. The zero-order valence-electron chi connectivity index (χ0n) is 26.7. The van der Waals surface area contributed by atoms with E-state index in [-0.39, 0.29) is 0 Å². The summed E-state index contributed by atoms with van der Waals surface area (Å²) in [6.07, 6.45) is 0. The first-order valence-corrected chi connectivity index (χ1v) is 16.6. The van der Waals surface area contributed by atoms with E-state index in [0.29, 0.717) is 5.92 Å². The van der Waals surface area contributed by atoms with Crippen molar-refractivity contribution in [1.29, 1.82) is 0 Å². The molecule has 0 saturated carbocycles. The van der Waals surface area contributed by atoms with Crippen LogP contribution in [0.4, 0.5) is 0 Å². The standard InChI is InChI=1S/C45H31NO2/c1-27(2)33-13-8-14-36-39-26-32(19-22-44(39)48-45(33)36)46-40-15-5-3-11-34(40)37-24-30(17-20-41(37)46)28-9-7-10-29(23-28)31-18-21-43-38(25-31)35-12-4-6-16-42(35)47-43/h3-27H,1-2H3. The van der Waals surface area contributed by atoms with Crippen molar-refractivity contribution < 1.29 is 8.83 Å². The molecule has 3 heteroatoms. The van der Waals surface area contributed by atoms with Gasteiger partial charge in [-0.15, -0.1) is 0 Å². The fourth-order valence-corrected chi connectivity index (χ4v) is 7.62. The predicted molar refractivity (Wildman–Crippen MR) is 200 cm³/mol. The Bertz CT molecular complexity index is 2880. The van der Waals surface area contributed by atoms with Crippen LogP contribution in [-0.4, -0.2) is 4.57 Å². The number of rotatable bonds is 4. The number of para-hydroxylation sites is 3. The van der Waals surface area contributed by atoms with Gasteiger partial charge in [0.15, 0.2) is 0 Å². The molecule has 0 N–H and O–H groups in total. The third-order valence-corrected chi connectivity index (χ3v) is 9.97. The lowest BCUT2D eigenvalue weighted by Crippen LogP contribution is -1.93. The quantitative estimate of drug-likeness (QED) is 0.197. The summed E-state index contributed by atoms with van der Waals surface area (Å²) < 4.78 is 14.9. The molecule has 0 atom stereocenters. The lowest BCUT2D eigenvalue weighted by atomic mass is 9.97. The number of nitrogens with zero attached hydrogens (tertiary/aromatic N) is 1. The van der Waals surface area contributed by atoms with Crippen LogP contribution in [-0.2, 0) is 0 Å². The molecule has 0 amide bonds. The fourth-order valence-electron chi connectivity index (χ4n) is 7.62. The summed E-state index contributed by atoms with van der Waals surface area (Å²) in [5.74, 6) is 0.390. The van der Waals surface area contributed by atoms with Crippen LogP contribution in [0.15, 0.2) is 154 Å². The van der Waals surface area contributed by atoms with Crippen molar-refractivity contribution in [3.05, 3.63) is 151 Å². The second-order valence-electron chi connectivity index (χ2n) is 13.1. The maximum Gasteiger partial charge on any atom is 0.138 e. The molecule has 0 saturated heterocycles. The van der Waals surface area contributed by atoms with Gasteiger partial charge in [0.1, 0.15) is 22.3 Å². The number of hydrogen-bond donors (Lipinski definition) is 0. The van der Waals surface area contributed by atoms with Crippen LogP contribution in [0, 0.1) is 0 Å². The van der Waals surface area contributed by atoms with Gasteiger partial charge in [0.2, 0.25) is 0 Å². The first kappa shape index (κ1) is 27.1. The smallest absolute Gasteiger partial charge is 0.138 e. The van der Waals surface area contributed by atoms with Crippen LogP contribution in [0.1, 0.15) is 25.3 Å². The highest BCUT2D eigenvalue weighted by Gasteiger charge is 2.17. The summed E-state index contributed by atoms with van der Waals surface area (Å²) in [5.41, 5.74) is 13.2. The van der Waals surface area contributed by atoms with Crippen LogP contribution >= 0.6 is 0 Å². The molecule has 0 spiro atoms. The van der Waals surface area contributed by atoms with Gasteiger partial charge < -0.3 is 13.4 Å². The van der Waals surface area contributed by atoms with Crippen molar-refractivity contribution in [2.75, 3.05) is 0 Å². The largest absolute Gasteiger partial charge is 0.456 e. The van der Waals surface area contributed by atoms with Crippen molar-refractivity contribution in [2.24, 2.45) is 0 Å². The van der Waals surface area contributed by atoms with Gasteiger partial charge in [-0.2, -0.15) is 0 Å². The minimum absolute atomic E-state index is 0.390. The van der Waals surface area contributed by atoms with E-state index in [1.165, 1.54) is 55.0 Å². The van der Waals surface area contributed by atoms with Crippen LogP contribution in [0.2, 0.25) is 0 Å². The Labute approximate surface area is 277 Å². The summed E-state index contributed by atoms with van der Waals surface area (Å²) in [5, 5.41) is 7.07. The minimum Gasteiger partial charge on any atom is -0.456 e. The molecule has 0 radical (unpaired) electrons. The lowest BCUT2D eigenvalue weighted by molar-refractivity contribution is 0.657. The molecule has 228 valence electrons. The van der Waals surface area contributed by atoms with Crippen LogP contribution in [0.5, 0.6) is 0 Å². The summed E-state index contributed by atoms with van der Waals surface area (Å²) >= 11 is 0. The van der Waals surface area contributed by atoms with E-state index < -0.39 is 0 Å². The highest BCUT2D eigenvalue weighted by molar-refractivity contribution is 6.12. The zero-order chi connectivity index (χ0) is 31.9. The monoisotopic (exact) mass is 617 g/mol. The predicted octanol–water partition coefficient (Wildman–Crippen LogP) is 13.0. The average molecular weight is 618 g/mol. The Hall–Kier alpha value is -6.06. The number of hydrogen-bond acceptors (Lipinski definition) is 2. The van der Waals surface area contributed by atoms with Crippen molar-refractivity contribution >= 4 is 65.7 Å². The molecular weight excluding hydrogens is 587 g/mol. The van der Waals surface area contributed by atoms with E-state index in [0.717, 1.165) is 44.2 Å². The molecular formula is C45H31NO2. The number of aromatic nitrogens is 1. The van der Waals surface area contributed by atoms with Crippen LogP contribution < -0.4 is 0 Å². The normalized spacial score (nSPS) is 12.1. The topological polar surface area (TPSA) is 31.2 Å². The maximum atomic E-state index is 6.42. The maximum absolute atomic E-state index is 6.42. The van der Waals surface area contributed by atoms with E-state index in [4.69, 9.17) is 8.83 Å². The second-order valence-corrected chi connectivity index (χ2v) is 13.1. The first-order chi connectivity index (χ1) is 23.6. The minimum atomic E-state index is 0.390. The fraction of sp³-hybridized carbons (Fsp3) is 0.0667. The number of benzene rings is 7. The third kappa shape index (κ3) is 4.01. The number of fused-ring (bicyclic) bond motifs is 9. The van der Waals surface area contributed by atoms with Crippen molar-refractivity contribution in [2.45, 2.75) is 19.8 Å². The Morgan fingerprint density at radius 2 is 1.02 bits per heavy atom. The van der Waals surface area contributed by atoms with Crippen LogP contribution in [0.3, 0.4) is 0 Å². The summed E-state index contributed by atoms with van der Waals surface area (Å²) in [6, 6.07) is 52.3. The second kappa shape index (κ2) is 10.2. The van der Waals surface area contributed by atoms with E-state index in [1.54, 1.807) is 0 Å². The zero-order valence-corrected chi connectivity index (χ0v) is 26.7. The van der Waals surface area contributed by atoms with Gasteiger partial charge in [-0.3, -0.25) is 0 Å². The Balaban J connectivity index is 1.11. The van der Waals surface area contributed by atoms with E-state index in [9.17, 15) is 0 Å². The van der Waals surface area contributed by atoms with Gasteiger partial charge in [0.05, 0.1) is 11.0 Å². The van der Waals surface area contributed by atoms with E-state index in [1.807, 2.05) is 12.1 Å². The van der Waals surface area contributed by atoms with Gasteiger partial charge in [0.25, 0.3) is 0 Å². The van der Waals surface area contributed by atoms with Crippen molar-refractivity contribution in [1.82, 2.24) is 4.57 Å². The molecule has 10 rings (SSSR count). The number of furan rings is 2. The molecule has 10 aromatic rings. The van der Waals surface area contributed by atoms with Crippen molar-refractivity contribution in [3.63, 3.8) is 0 Å². The van der Waals surface area contributed by atoms with Gasteiger partial charge in [-0.25, -0.2) is 0 Å². The van der Waals surface area contributed by atoms with Gasteiger partial charge in [0, 0.05) is 38.0 Å². The molecule has 0 aliphatic carbocycles. The molecule has 0 aliphatic rings. The van der Waals surface area contributed by atoms with E-state index >= 15 is 0 Å². The average Bonchev–Trinajstić information content (AvgIpc) is 3.80. The van der Waals surface area contributed by atoms with Gasteiger partial charge in [-0.1, -0.05) is 98.8 Å². The Kier molecular flexibility index (Phi) is 5.77. The van der Waals surface area contributed by atoms with E-state index in [2.05, 4.69) is 152 Å². The summed E-state index contributed by atoms with van der Waals surface area (Å²) in [7, 11) is 0. The first-order valence-electron chi connectivity index (χ1n) is 16.6. The molecule has 0 bridgehead atoms. The van der Waals surface area contributed by atoms with Gasteiger partial charge in [-0.05, 0) is 94.4 Å². The van der Waals surface area contributed by atoms with Crippen molar-refractivity contribution in [3.8, 4) is 27.9 Å². The third-order valence-electron chi connectivity index (χ3n) is 9.97. The highest BCUT2D eigenvalue weighted by Crippen LogP contribution is 2.39. The Morgan fingerprint density at radius 1 is 0.417 bits per heavy atom. The SMILES string of the molecule is CC(C)c1cccc2c1oc1ccc(-n3c4ccccc4c4cc(-c5cccc(-c6ccc7oc8ccccc8c7c6)c5)ccc43)cc12. The van der Waals surface area contributed by atoms with Crippen LogP contribution in [0.25, 0.3) is 93.6 Å². The molecule has 0 aliphatic heterocycles. The molecule has 3 aromatic heterocycles. The molecule has 48 heavy (non-hydrogen) atoms. The molecule has 3 nitrogen and oxygen atoms in total. The molecule has 7 aromatic carbocycles.